The second-order valence-electron chi connectivity index (χ2n) is 6.61. The molecule has 1 atom stereocenters. The van der Waals surface area contributed by atoms with E-state index in [1.807, 2.05) is 24.3 Å². The number of amides is 1. The van der Waals surface area contributed by atoms with E-state index in [2.05, 4.69) is 10.2 Å². The topological polar surface area (TPSA) is 63.6 Å². The third kappa shape index (κ3) is 4.14. The van der Waals surface area contributed by atoms with Crippen LogP contribution in [0, 0.1) is 0 Å². The Morgan fingerprint density at radius 2 is 1.88 bits per heavy atom. The van der Waals surface area contributed by atoms with Crippen molar-refractivity contribution in [3.63, 3.8) is 0 Å². The number of carbonyl (C=O) groups excluding carboxylic acids is 1. The number of hydrogen-bond donors (Lipinski definition) is 1. The fourth-order valence-corrected chi connectivity index (χ4v) is 3.32. The first-order chi connectivity index (χ1) is 12.6. The summed E-state index contributed by atoms with van der Waals surface area (Å²) in [6.07, 6.45) is 3.96. The second kappa shape index (κ2) is 8.19. The summed E-state index contributed by atoms with van der Waals surface area (Å²) in [5, 5.41) is 2.99. The molecule has 0 aliphatic carbocycles. The van der Waals surface area contributed by atoms with Crippen LogP contribution in [0.4, 0.5) is 0 Å². The molecule has 2 heterocycles. The van der Waals surface area contributed by atoms with Gasteiger partial charge in [-0.3, -0.25) is 14.5 Å². The molecule has 1 aromatic heterocycles. The standard InChI is InChI=1S/C20H25N3O3/c1-22-12-9-16(13-19(22)24)20(25)21-14-18(23-10-3-4-11-23)15-5-7-17(26-2)8-6-15/h5-9,12-13,18H,3-4,10-11,14H2,1-2H3,(H,21,25). The lowest BCUT2D eigenvalue weighted by molar-refractivity contribution is 0.0937. The zero-order valence-electron chi connectivity index (χ0n) is 15.3. The summed E-state index contributed by atoms with van der Waals surface area (Å²) in [7, 11) is 3.31. The van der Waals surface area contributed by atoms with Crippen molar-refractivity contribution in [3.8, 4) is 5.75 Å². The molecule has 0 spiro atoms. The number of methoxy groups -OCH3 is 1. The molecule has 0 saturated carbocycles. The fraction of sp³-hybridized carbons (Fsp3) is 0.400. The van der Waals surface area contributed by atoms with Gasteiger partial charge in [-0.25, -0.2) is 0 Å². The van der Waals surface area contributed by atoms with Crippen molar-refractivity contribution >= 4 is 5.91 Å². The number of likely N-dealkylation sites (tertiary alicyclic amines) is 1. The van der Waals surface area contributed by atoms with E-state index in [0.717, 1.165) is 24.4 Å². The van der Waals surface area contributed by atoms with Crippen molar-refractivity contribution in [2.45, 2.75) is 18.9 Å². The van der Waals surface area contributed by atoms with Crippen LogP contribution in [-0.2, 0) is 7.05 Å². The highest BCUT2D eigenvalue weighted by atomic mass is 16.5. The highest BCUT2D eigenvalue weighted by Gasteiger charge is 2.24. The number of carbonyl (C=O) groups is 1. The molecule has 1 aliphatic heterocycles. The lowest BCUT2D eigenvalue weighted by atomic mass is 10.0. The van der Waals surface area contributed by atoms with Crippen LogP contribution in [0.3, 0.4) is 0 Å². The first kappa shape index (κ1) is 18.2. The van der Waals surface area contributed by atoms with Gasteiger partial charge < -0.3 is 14.6 Å². The number of benzene rings is 1. The lowest BCUT2D eigenvalue weighted by Gasteiger charge is -2.28. The molecule has 138 valence electrons. The zero-order valence-corrected chi connectivity index (χ0v) is 15.3. The molecule has 1 aromatic carbocycles. The minimum Gasteiger partial charge on any atom is -0.497 e. The van der Waals surface area contributed by atoms with Crippen LogP contribution in [0.2, 0.25) is 0 Å². The normalized spacial score (nSPS) is 15.6. The fourth-order valence-electron chi connectivity index (χ4n) is 3.32. The number of ether oxygens (including phenoxy) is 1. The molecule has 26 heavy (non-hydrogen) atoms. The number of aromatic nitrogens is 1. The van der Waals surface area contributed by atoms with E-state index >= 15 is 0 Å². The van der Waals surface area contributed by atoms with Crippen LogP contribution in [0.1, 0.15) is 34.8 Å². The molecule has 6 heteroatoms. The average Bonchev–Trinajstić information content (AvgIpc) is 3.19. The van der Waals surface area contributed by atoms with Crippen LogP contribution in [-0.4, -0.2) is 42.1 Å². The maximum atomic E-state index is 12.5. The van der Waals surface area contributed by atoms with Gasteiger partial charge >= 0.3 is 0 Å². The Morgan fingerprint density at radius 1 is 1.19 bits per heavy atom. The van der Waals surface area contributed by atoms with Gasteiger partial charge in [0.15, 0.2) is 0 Å². The number of rotatable bonds is 6. The largest absolute Gasteiger partial charge is 0.497 e. The van der Waals surface area contributed by atoms with Gasteiger partial charge in [0.1, 0.15) is 5.75 Å². The number of pyridine rings is 1. The van der Waals surface area contributed by atoms with Gasteiger partial charge in [0, 0.05) is 31.4 Å². The van der Waals surface area contributed by atoms with E-state index in [9.17, 15) is 9.59 Å². The number of nitrogens with one attached hydrogen (secondary N) is 1. The monoisotopic (exact) mass is 355 g/mol. The molecule has 1 amide bonds. The Kier molecular flexibility index (Phi) is 5.73. The van der Waals surface area contributed by atoms with E-state index in [1.54, 1.807) is 26.4 Å². The molecule has 0 radical (unpaired) electrons. The van der Waals surface area contributed by atoms with Gasteiger partial charge in [0.05, 0.1) is 13.2 Å². The van der Waals surface area contributed by atoms with Crippen LogP contribution in [0.15, 0.2) is 47.4 Å². The van der Waals surface area contributed by atoms with Gasteiger partial charge in [0.25, 0.3) is 11.5 Å². The highest BCUT2D eigenvalue weighted by Crippen LogP contribution is 2.26. The SMILES string of the molecule is COc1ccc(C(CNC(=O)c2ccn(C)c(=O)c2)N2CCCC2)cc1. The van der Waals surface area contributed by atoms with Gasteiger partial charge in [-0.05, 0) is 49.7 Å². The molecule has 1 saturated heterocycles. The average molecular weight is 355 g/mol. The van der Waals surface area contributed by atoms with Crippen LogP contribution < -0.4 is 15.6 Å². The van der Waals surface area contributed by atoms with Gasteiger partial charge in [-0.15, -0.1) is 0 Å². The van der Waals surface area contributed by atoms with E-state index in [1.165, 1.54) is 23.5 Å². The third-order valence-electron chi connectivity index (χ3n) is 4.90. The molecular weight excluding hydrogens is 330 g/mol. The zero-order chi connectivity index (χ0) is 18.5. The smallest absolute Gasteiger partial charge is 0.251 e. The number of nitrogens with zero attached hydrogens (tertiary/aromatic N) is 2. The third-order valence-corrected chi connectivity index (χ3v) is 4.90. The molecule has 6 nitrogen and oxygen atoms in total. The first-order valence-corrected chi connectivity index (χ1v) is 8.91. The minimum absolute atomic E-state index is 0.110. The quantitative estimate of drug-likeness (QED) is 0.860. The number of aryl methyl sites for hydroxylation is 1. The molecular formula is C20H25N3O3. The Bertz CT molecular complexity index is 808. The van der Waals surface area contributed by atoms with Crippen molar-refractivity contribution in [3.05, 3.63) is 64.1 Å². The molecule has 3 rings (SSSR count). The molecule has 1 fully saturated rings. The maximum absolute atomic E-state index is 12.5. The Labute approximate surface area is 153 Å². The second-order valence-corrected chi connectivity index (χ2v) is 6.61. The summed E-state index contributed by atoms with van der Waals surface area (Å²) < 4.78 is 6.68. The first-order valence-electron chi connectivity index (χ1n) is 8.91. The van der Waals surface area contributed by atoms with Crippen molar-refractivity contribution in [2.75, 3.05) is 26.7 Å². The van der Waals surface area contributed by atoms with E-state index in [0.29, 0.717) is 12.1 Å². The predicted octanol–water partition coefficient (Wildman–Crippen LogP) is 1.96. The summed E-state index contributed by atoms with van der Waals surface area (Å²) in [5.74, 6) is 0.596. The van der Waals surface area contributed by atoms with Crippen molar-refractivity contribution < 1.29 is 9.53 Å². The summed E-state index contributed by atoms with van der Waals surface area (Å²) in [4.78, 5) is 26.6. The van der Waals surface area contributed by atoms with Crippen LogP contribution in [0.5, 0.6) is 5.75 Å². The molecule has 0 bridgehead atoms. The summed E-state index contributed by atoms with van der Waals surface area (Å²) in [6, 6.07) is 11.1. The van der Waals surface area contributed by atoms with Crippen molar-refractivity contribution in [1.82, 2.24) is 14.8 Å². The Balaban J connectivity index is 1.73. The van der Waals surface area contributed by atoms with Gasteiger partial charge in [0.2, 0.25) is 0 Å². The predicted molar refractivity (Wildman–Crippen MR) is 101 cm³/mol. The van der Waals surface area contributed by atoms with E-state index in [4.69, 9.17) is 4.74 Å². The lowest BCUT2D eigenvalue weighted by Crippen LogP contribution is -2.37. The summed E-state index contributed by atoms with van der Waals surface area (Å²) >= 11 is 0. The van der Waals surface area contributed by atoms with Gasteiger partial charge in [-0.1, -0.05) is 12.1 Å². The highest BCUT2D eigenvalue weighted by molar-refractivity contribution is 5.94. The Hall–Kier alpha value is -2.60. The number of hydrogen-bond acceptors (Lipinski definition) is 4. The molecule has 1 aliphatic rings. The summed E-state index contributed by atoms with van der Waals surface area (Å²) in [6.45, 7) is 2.55. The van der Waals surface area contributed by atoms with E-state index in [-0.39, 0.29) is 17.5 Å². The summed E-state index contributed by atoms with van der Waals surface area (Å²) in [5.41, 5.74) is 1.35. The maximum Gasteiger partial charge on any atom is 0.251 e. The molecule has 2 aromatic rings. The molecule has 1 unspecified atom stereocenters. The Morgan fingerprint density at radius 3 is 2.50 bits per heavy atom. The van der Waals surface area contributed by atoms with Crippen LogP contribution in [0.25, 0.3) is 0 Å². The van der Waals surface area contributed by atoms with Crippen LogP contribution >= 0.6 is 0 Å². The molecule has 1 N–H and O–H groups in total. The van der Waals surface area contributed by atoms with Crippen molar-refractivity contribution in [2.24, 2.45) is 7.05 Å². The minimum atomic E-state index is -0.222. The van der Waals surface area contributed by atoms with Gasteiger partial charge in [-0.2, -0.15) is 0 Å². The van der Waals surface area contributed by atoms with Crippen molar-refractivity contribution in [1.29, 1.82) is 0 Å². The van der Waals surface area contributed by atoms with E-state index < -0.39 is 0 Å².